The van der Waals surface area contributed by atoms with Crippen LogP contribution in [-0.2, 0) is 6.54 Å². The summed E-state index contributed by atoms with van der Waals surface area (Å²) in [6.07, 6.45) is 4.21. The number of nitrogens with one attached hydrogen (secondary N) is 1. The molecule has 2 N–H and O–H groups in total. The number of rotatable bonds is 5. The molecule has 1 fully saturated rings. The zero-order valence-corrected chi connectivity index (χ0v) is 17.2. The number of benzene rings is 2. The summed E-state index contributed by atoms with van der Waals surface area (Å²) in [7, 11) is 1.73. The molecule has 0 radical (unpaired) electrons. The fraction of sp³-hybridized carbons (Fsp3) is 0.375. The third-order valence-electron chi connectivity index (χ3n) is 6.21. The fourth-order valence-corrected chi connectivity index (χ4v) is 4.56. The Labute approximate surface area is 171 Å². The van der Waals surface area contributed by atoms with Crippen LogP contribution in [0.25, 0.3) is 10.9 Å². The molecule has 0 saturated carbocycles. The predicted octanol–water partition coefficient (Wildman–Crippen LogP) is 5.16. The van der Waals surface area contributed by atoms with E-state index in [1.54, 1.807) is 19.2 Å². The number of hydrogen-bond acceptors (Lipinski definition) is 3. The lowest BCUT2D eigenvalue weighted by Gasteiger charge is -2.39. The number of methoxy groups -OCH3 is 1. The van der Waals surface area contributed by atoms with Crippen LogP contribution in [0.1, 0.15) is 52.9 Å². The van der Waals surface area contributed by atoms with Crippen LogP contribution >= 0.6 is 0 Å². The number of likely N-dealkylation sites (tertiary alicyclic amines) is 1. The molecule has 2 heterocycles. The summed E-state index contributed by atoms with van der Waals surface area (Å²) in [5.74, 6) is 0.681. The Bertz CT molecular complexity index is 1020. The van der Waals surface area contributed by atoms with Crippen molar-refractivity contribution < 1.29 is 14.6 Å². The highest BCUT2D eigenvalue weighted by Gasteiger charge is 2.29. The SMILES string of the molecule is COc1cc(C)c2[nH]ccc2c1CN1CC[C@@H](C)C[C@H]1c1ccc(C(=O)O)cc1. The van der Waals surface area contributed by atoms with Crippen molar-refractivity contribution in [3.05, 3.63) is 64.8 Å². The molecule has 5 heteroatoms. The minimum Gasteiger partial charge on any atom is -0.496 e. The van der Waals surface area contributed by atoms with Crippen molar-refractivity contribution in [3.8, 4) is 5.75 Å². The number of hydrogen-bond donors (Lipinski definition) is 2. The number of aromatic amines is 1. The number of carboxylic acids is 1. The first-order valence-corrected chi connectivity index (χ1v) is 10.2. The lowest BCUT2D eigenvalue weighted by Crippen LogP contribution is -2.36. The molecule has 0 unspecified atom stereocenters. The van der Waals surface area contributed by atoms with Gasteiger partial charge in [-0.2, -0.15) is 0 Å². The lowest BCUT2D eigenvalue weighted by molar-refractivity contribution is 0.0696. The molecule has 0 bridgehead atoms. The minimum absolute atomic E-state index is 0.265. The molecule has 0 spiro atoms. The van der Waals surface area contributed by atoms with E-state index in [9.17, 15) is 9.90 Å². The van der Waals surface area contributed by atoms with Gasteiger partial charge in [0.15, 0.2) is 0 Å². The number of fused-ring (bicyclic) bond motifs is 1. The zero-order valence-electron chi connectivity index (χ0n) is 17.2. The minimum atomic E-state index is -0.885. The predicted molar refractivity (Wildman–Crippen MR) is 115 cm³/mol. The zero-order chi connectivity index (χ0) is 20.5. The average Bonchev–Trinajstić information content (AvgIpc) is 3.21. The van der Waals surface area contributed by atoms with Crippen LogP contribution in [-0.4, -0.2) is 34.6 Å². The highest BCUT2D eigenvalue weighted by molar-refractivity contribution is 5.88. The number of H-pyrrole nitrogens is 1. The highest BCUT2D eigenvalue weighted by Crippen LogP contribution is 2.38. The van der Waals surface area contributed by atoms with Crippen molar-refractivity contribution in [2.75, 3.05) is 13.7 Å². The number of piperidine rings is 1. The second-order valence-electron chi connectivity index (χ2n) is 8.18. The summed E-state index contributed by atoms with van der Waals surface area (Å²) < 4.78 is 5.74. The smallest absolute Gasteiger partial charge is 0.335 e. The largest absolute Gasteiger partial charge is 0.496 e. The highest BCUT2D eigenvalue weighted by atomic mass is 16.5. The van der Waals surface area contributed by atoms with E-state index < -0.39 is 5.97 Å². The van der Waals surface area contributed by atoms with Gasteiger partial charge in [-0.25, -0.2) is 4.79 Å². The van der Waals surface area contributed by atoms with Gasteiger partial charge in [-0.1, -0.05) is 19.1 Å². The number of carboxylic acid groups (broad SMARTS) is 1. The van der Waals surface area contributed by atoms with Gasteiger partial charge in [0.2, 0.25) is 0 Å². The quantitative estimate of drug-likeness (QED) is 0.630. The molecular formula is C24H28N2O3. The second-order valence-corrected chi connectivity index (χ2v) is 8.18. The first-order chi connectivity index (χ1) is 14.0. The summed E-state index contributed by atoms with van der Waals surface area (Å²) in [5.41, 5.74) is 5.06. The van der Waals surface area contributed by atoms with Crippen molar-refractivity contribution in [1.82, 2.24) is 9.88 Å². The molecule has 1 aromatic heterocycles. The van der Waals surface area contributed by atoms with E-state index in [2.05, 4.69) is 35.9 Å². The van der Waals surface area contributed by atoms with Crippen LogP contribution in [0, 0.1) is 12.8 Å². The summed E-state index contributed by atoms with van der Waals surface area (Å²) >= 11 is 0. The van der Waals surface area contributed by atoms with Gasteiger partial charge in [-0.05, 0) is 67.6 Å². The Kier molecular flexibility index (Phi) is 5.33. The van der Waals surface area contributed by atoms with Gasteiger partial charge in [-0.15, -0.1) is 0 Å². The topological polar surface area (TPSA) is 65.6 Å². The number of aromatic carboxylic acids is 1. The molecule has 29 heavy (non-hydrogen) atoms. The van der Waals surface area contributed by atoms with Crippen molar-refractivity contribution in [1.29, 1.82) is 0 Å². The van der Waals surface area contributed by atoms with Crippen molar-refractivity contribution in [2.45, 2.75) is 39.3 Å². The van der Waals surface area contributed by atoms with Gasteiger partial charge in [0.25, 0.3) is 0 Å². The maximum atomic E-state index is 11.2. The second kappa shape index (κ2) is 7.91. The van der Waals surface area contributed by atoms with Crippen LogP contribution in [0.2, 0.25) is 0 Å². The van der Waals surface area contributed by atoms with Gasteiger partial charge < -0.3 is 14.8 Å². The lowest BCUT2D eigenvalue weighted by atomic mass is 9.87. The van der Waals surface area contributed by atoms with E-state index in [1.807, 2.05) is 18.3 Å². The number of aryl methyl sites for hydroxylation is 1. The molecule has 3 aromatic rings. The summed E-state index contributed by atoms with van der Waals surface area (Å²) in [4.78, 5) is 17.1. The molecule has 5 nitrogen and oxygen atoms in total. The molecule has 1 saturated heterocycles. The molecule has 1 aliphatic heterocycles. The van der Waals surface area contributed by atoms with E-state index >= 15 is 0 Å². The van der Waals surface area contributed by atoms with E-state index in [1.165, 1.54) is 22.1 Å². The van der Waals surface area contributed by atoms with Crippen LogP contribution < -0.4 is 4.74 Å². The third-order valence-corrected chi connectivity index (χ3v) is 6.21. The van der Waals surface area contributed by atoms with Gasteiger partial charge in [0.1, 0.15) is 5.75 Å². The van der Waals surface area contributed by atoms with Gasteiger partial charge in [0, 0.05) is 35.2 Å². The molecular weight excluding hydrogens is 364 g/mol. The maximum absolute atomic E-state index is 11.2. The normalized spacial score (nSPS) is 20.1. The van der Waals surface area contributed by atoms with Crippen molar-refractivity contribution >= 4 is 16.9 Å². The maximum Gasteiger partial charge on any atom is 0.335 e. The van der Waals surface area contributed by atoms with Gasteiger partial charge >= 0.3 is 5.97 Å². The Balaban J connectivity index is 1.69. The van der Waals surface area contributed by atoms with Crippen molar-refractivity contribution in [3.63, 3.8) is 0 Å². The number of aromatic nitrogens is 1. The van der Waals surface area contributed by atoms with E-state index in [-0.39, 0.29) is 6.04 Å². The summed E-state index contributed by atoms with van der Waals surface area (Å²) in [6.45, 7) is 6.21. The third kappa shape index (κ3) is 3.75. The van der Waals surface area contributed by atoms with E-state index in [0.29, 0.717) is 11.5 Å². The first-order valence-electron chi connectivity index (χ1n) is 10.2. The standard InChI is InChI=1S/C24H28N2O3/c1-15-9-11-26(21(12-15)17-4-6-18(7-5-17)24(27)28)14-20-19-8-10-25-23(19)16(2)13-22(20)29-3/h4-8,10,13,15,21,25H,9,11-12,14H2,1-3H3,(H,27,28)/t15-,21+/m1/s1. The molecule has 0 aliphatic carbocycles. The monoisotopic (exact) mass is 392 g/mol. The number of nitrogens with zero attached hydrogens (tertiary/aromatic N) is 1. The summed E-state index contributed by atoms with van der Waals surface area (Å²) in [5, 5.41) is 10.4. The van der Waals surface area contributed by atoms with Gasteiger partial charge in [-0.3, -0.25) is 4.90 Å². The Morgan fingerprint density at radius 3 is 2.72 bits per heavy atom. The van der Waals surface area contributed by atoms with Crippen LogP contribution in [0.3, 0.4) is 0 Å². The molecule has 1 aliphatic rings. The molecule has 2 aromatic carbocycles. The first kappa shape index (κ1) is 19.5. The Morgan fingerprint density at radius 1 is 1.28 bits per heavy atom. The molecule has 0 amide bonds. The molecule has 4 rings (SSSR count). The Hall–Kier alpha value is -2.79. The van der Waals surface area contributed by atoms with Crippen molar-refractivity contribution in [2.24, 2.45) is 5.92 Å². The van der Waals surface area contributed by atoms with E-state index in [0.717, 1.165) is 37.2 Å². The number of carbonyl (C=O) groups is 1. The summed E-state index contributed by atoms with van der Waals surface area (Å²) in [6, 6.07) is 11.9. The number of ether oxygens (including phenoxy) is 1. The average molecular weight is 392 g/mol. The van der Waals surface area contributed by atoms with E-state index in [4.69, 9.17) is 4.74 Å². The Morgan fingerprint density at radius 2 is 2.03 bits per heavy atom. The van der Waals surface area contributed by atoms with Crippen LogP contribution in [0.15, 0.2) is 42.6 Å². The van der Waals surface area contributed by atoms with Crippen LogP contribution in [0.5, 0.6) is 5.75 Å². The molecule has 152 valence electrons. The van der Waals surface area contributed by atoms with Gasteiger partial charge in [0.05, 0.1) is 12.7 Å². The fourth-order valence-electron chi connectivity index (χ4n) is 4.56. The van der Waals surface area contributed by atoms with Crippen LogP contribution in [0.4, 0.5) is 0 Å². The molecule has 2 atom stereocenters.